The predicted molar refractivity (Wildman–Crippen MR) is 173 cm³/mol. The molecule has 0 aliphatic carbocycles. The van der Waals surface area contributed by atoms with E-state index in [9.17, 15) is 19.2 Å². The second-order valence-electron chi connectivity index (χ2n) is 7.50. The van der Waals surface area contributed by atoms with E-state index in [1.165, 1.54) is 18.2 Å². The van der Waals surface area contributed by atoms with Crippen LogP contribution in [0.3, 0.4) is 0 Å². The van der Waals surface area contributed by atoms with Crippen LogP contribution >= 0.6 is 51.9 Å². The number of aromatic nitrogens is 4. The molecule has 0 bridgehead atoms. The molecule has 4 aromatic rings. The summed E-state index contributed by atoms with van der Waals surface area (Å²) in [4.78, 5) is 59.8. The van der Waals surface area contributed by atoms with E-state index in [1.54, 1.807) is 0 Å². The average Bonchev–Trinajstić information content (AvgIpc) is 2.96. The summed E-state index contributed by atoms with van der Waals surface area (Å²) in [7, 11) is 4.34. The summed E-state index contributed by atoms with van der Waals surface area (Å²) in [5.74, 6) is 0. The van der Waals surface area contributed by atoms with E-state index >= 15 is 0 Å². The van der Waals surface area contributed by atoms with Gasteiger partial charge in [0.2, 0.25) is 11.4 Å². The molecule has 0 fully saturated rings. The number of thiol groups is 1. The fourth-order valence-corrected chi connectivity index (χ4v) is 3.85. The molecule has 2 N–H and O–H groups in total. The van der Waals surface area contributed by atoms with Crippen molar-refractivity contribution in [2.24, 2.45) is 4.30 Å². The van der Waals surface area contributed by atoms with Crippen molar-refractivity contribution in [3.05, 3.63) is 88.5 Å². The van der Waals surface area contributed by atoms with Gasteiger partial charge in [-0.1, -0.05) is 39.2 Å². The van der Waals surface area contributed by atoms with Crippen LogP contribution in [0.4, 0.5) is 0 Å². The van der Waals surface area contributed by atoms with Gasteiger partial charge in [0.25, 0.3) is 23.1 Å². The fourth-order valence-electron chi connectivity index (χ4n) is 3.29. The van der Waals surface area contributed by atoms with Crippen LogP contribution in [0.2, 0.25) is 0 Å². The van der Waals surface area contributed by atoms with Crippen LogP contribution in [0.25, 0.3) is 22.2 Å². The molecule has 1 radical (unpaired) electrons. The van der Waals surface area contributed by atoms with Gasteiger partial charge in [0.05, 0.1) is 5.34 Å². The van der Waals surface area contributed by atoms with Crippen LogP contribution < -0.4 is 31.8 Å². The summed E-state index contributed by atoms with van der Waals surface area (Å²) in [5, 5.41) is 0.725. The quantitative estimate of drug-likeness (QED) is 0.102. The Labute approximate surface area is 269 Å². The van der Waals surface area contributed by atoms with Gasteiger partial charge in [0.1, 0.15) is 28.5 Å². The Balaban J connectivity index is 0.000000364. The van der Waals surface area contributed by atoms with Crippen molar-refractivity contribution in [1.82, 2.24) is 19.9 Å². The number of fused-ring (bicyclic) bond motifs is 2. The fraction of sp³-hybridized carbons (Fsp3) is 0.280. The Kier molecular flexibility index (Phi) is 17.2. The summed E-state index contributed by atoms with van der Waals surface area (Å²) in [6.45, 7) is 11.0. The molecule has 0 atom stereocenters. The molecule has 18 heteroatoms. The summed E-state index contributed by atoms with van der Waals surface area (Å²) in [6.07, 6.45) is 4.07. The van der Waals surface area contributed by atoms with Crippen LogP contribution in [0.15, 0.2) is 68.2 Å². The monoisotopic (exact) mass is 716 g/mol. The Hall–Kier alpha value is -3.47. The Morgan fingerprint density at radius 1 is 0.977 bits per heavy atom. The minimum absolute atomic E-state index is 0.00352. The molecule has 0 saturated heterocycles. The van der Waals surface area contributed by atoms with Crippen molar-refractivity contribution in [3.8, 4) is 12.0 Å². The molecule has 0 amide bonds. The van der Waals surface area contributed by atoms with Gasteiger partial charge >= 0.3 is 36.0 Å². The first-order chi connectivity index (χ1) is 20.6. The van der Waals surface area contributed by atoms with Crippen LogP contribution in [0, 0.1) is 0 Å². The van der Waals surface area contributed by atoms with Crippen LogP contribution in [-0.2, 0) is 12.8 Å². The Morgan fingerprint density at radius 2 is 1.44 bits per heavy atom. The SMILES string of the molecule is C=CCOc1nc2oc(=O)c(Br)c(CC)c2c(=O)[nH]1.C=CCOc1nc2oc(=O)cc(CC)c2c(=O)[nH]1.ClCCl.[B]=NS. The van der Waals surface area contributed by atoms with Crippen molar-refractivity contribution in [1.29, 1.82) is 0 Å². The molecule has 43 heavy (non-hydrogen) atoms. The predicted octanol–water partition coefficient (Wildman–Crippen LogP) is 4.37. The average molecular weight is 718 g/mol. The van der Waals surface area contributed by atoms with E-state index in [4.69, 9.17) is 41.5 Å². The van der Waals surface area contributed by atoms with Gasteiger partial charge in [-0.2, -0.15) is 9.97 Å². The first kappa shape index (κ1) is 37.6. The maximum atomic E-state index is 12.0. The molecule has 0 spiro atoms. The van der Waals surface area contributed by atoms with E-state index in [0.29, 0.717) is 24.0 Å². The van der Waals surface area contributed by atoms with E-state index in [-0.39, 0.29) is 62.8 Å². The van der Waals surface area contributed by atoms with Gasteiger partial charge in [0.15, 0.2) is 0 Å². The number of nitrogens with zero attached hydrogens (tertiary/aromatic N) is 3. The van der Waals surface area contributed by atoms with E-state index < -0.39 is 16.8 Å². The van der Waals surface area contributed by atoms with Crippen molar-refractivity contribution in [2.75, 3.05) is 18.6 Å². The normalized spacial score (nSPS) is 9.79. The number of rotatable bonds is 8. The zero-order valence-electron chi connectivity index (χ0n) is 22.9. The van der Waals surface area contributed by atoms with Crippen molar-refractivity contribution in [3.63, 3.8) is 0 Å². The second kappa shape index (κ2) is 19.7. The first-order valence-corrected chi connectivity index (χ1v) is 14.3. The van der Waals surface area contributed by atoms with Crippen molar-refractivity contribution in [2.45, 2.75) is 26.7 Å². The molecule has 4 rings (SSSR count). The number of aromatic amines is 2. The molecule has 229 valence electrons. The number of ether oxygens (including phenoxy) is 2. The molecular weight excluding hydrogens is 692 g/mol. The molecule has 0 aliphatic heterocycles. The molecule has 0 aromatic carbocycles. The van der Waals surface area contributed by atoms with Gasteiger partial charge in [-0.05, 0) is 39.9 Å². The zero-order valence-corrected chi connectivity index (χ0v) is 26.9. The third-order valence-corrected chi connectivity index (χ3v) is 5.69. The third-order valence-electron chi connectivity index (χ3n) is 4.88. The number of hydrogen-bond donors (Lipinski definition) is 3. The number of halogens is 3. The summed E-state index contributed by atoms with van der Waals surface area (Å²) < 4.78 is 23.1. The van der Waals surface area contributed by atoms with Crippen LogP contribution in [-0.4, -0.2) is 46.1 Å². The van der Waals surface area contributed by atoms with Crippen LogP contribution in [0.1, 0.15) is 25.0 Å². The van der Waals surface area contributed by atoms with Gasteiger partial charge in [0, 0.05) is 6.07 Å². The van der Waals surface area contributed by atoms with Gasteiger partial charge in [-0.3, -0.25) is 19.6 Å². The van der Waals surface area contributed by atoms with E-state index in [2.05, 4.69) is 73.8 Å². The number of nitrogens with one attached hydrogen (secondary N) is 2. The Morgan fingerprint density at radius 3 is 1.88 bits per heavy atom. The first-order valence-electron chi connectivity index (χ1n) is 12.0. The van der Waals surface area contributed by atoms with Gasteiger partial charge < -0.3 is 18.3 Å². The van der Waals surface area contributed by atoms with Crippen molar-refractivity contribution >= 4 is 81.8 Å². The zero-order chi connectivity index (χ0) is 32.5. The molecule has 4 heterocycles. The number of hydrogen-bond acceptors (Lipinski definition) is 12. The van der Waals surface area contributed by atoms with Gasteiger partial charge in [-0.25, -0.2) is 9.59 Å². The topological polar surface area (TPSA) is 183 Å². The molecule has 13 nitrogen and oxygen atoms in total. The molecular formula is C25H26BBrCl2N5O8S. The number of alkyl halides is 2. The minimum atomic E-state index is -0.572. The maximum absolute atomic E-state index is 12.0. The molecule has 0 unspecified atom stereocenters. The standard InChI is InChI=1S/C12H11BrN2O4.C12H12N2O4.CH2Cl2.BHNS/c1-3-5-18-12-14-9(16)7-6(4-2)8(13)11(17)19-10(7)15-12;1-3-5-17-12-13-10(16)9-7(4-2)6-8(15)18-11(9)14-12;2-1-3;1-2-3/h3H,1,4-5H2,2H3,(H,14,15,16);3,6H,1,4-5H2,2H3,(H,13,14,16);1H2;3H. The Bertz CT molecular complexity index is 1790. The molecule has 4 aromatic heterocycles. The van der Waals surface area contributed by atoms with Gasteiger partial charge in [-0.15, -0.1) is 23.2 Å². The van der Waals surface area contributed by atoms with Crippen LogP contribution in [0.5, 0.6) is 12.0 Å². The molecule has 0 saturated carbocycles. The van der Waals surface area contributed by atoms with E-state index in [1.807, 2.05) is 13.8 Å². The summed E-state index contributed by atoms with van der Waals surface area (Å²) in [6, 6.07) is 1.29. The summed E-state index contributed by atoms with van der Waals surface area (Å²) in [5.41, 5.74) is -0.787. The number of H-pyrrole nitrogens is 2. The summed E-state index contributed by atoms with van der Waals surface area (Å²) >= 11 is 15.8. The van der Waals surface area contributed by atoms with Crippen molar-refractivity contribution < 1.29 is 18.3 Å². The molecule has 0 aliphatic rings. The second-order valence-corrected chi connectivity index (χ2v) is 9.33. The van der Waals surface area contributed by atoms with E-state index in [0.717, 1.165) is 0 Å². The number of aryl methyl sites for hydroxylation is 2. The third kappa shape index (κ3) is 11.0.